The normalized spacial score (nSPS) is 17.0. The molecule has 0 aliphatic carbocycles. The molecule has 5 nitrogen and oxygen atoms in total. The van der Waals surface area contributed by atoms with Gasteiger partial charge in [0.15, 0.2) is 11.5 Å². The maximum absolute atomic E-state index is 12.8. The number of benzene rings is 2. The molecule has 134 valence electrons. The maximum atomic E-state index is 12.8. The first-order valence-corrected chi connectivity index (χ1v) is 8.49. The largest absolute Gasteiger partial charge is 0.503 e. The summed E-state index contributed by atoms with van der Waals surface area (Å²) in [4.78, 5) is 26.8. The second-order valence-electron chi connectivity index (χ2n) is 6.17. The Morgan fingerprint density at radius 1 is 1.15 bits per heavy atom. The Morgan fingerprint density at radius 3 is 2.38 bits per heavy atom. The summed E-state index contributed by atoms with van der Waals surface area (Å²) in [6, 6.07) is 13.9. The van der Waals surface area contributed by atoms with E-state index >= 15 is 0 Å². The van der Waals surface area contributed by atoms with Crippen LogP contribution in [0, 0.1) is 6.92 Å². The van der Waals surface area contributed by atoms with Gasteiger partial charge >= 0.3 is 0 Å². The molecular formula is C21H21NO4. The fourth-order valence-electron chi connectivity index (χ4n) is 3.28. The van der Waals surface area contributed by atoms with Gasteiger partial charge in [0.05, 0.1) is 18.7 Å². The first-order chi connectivity index (χ1) is 12.5. The van der Waals surface area contributed by atoms with Crippen molar-refractivity contribution >= 4 is 17.4 Å². The predicted octanol–water partition coefficient (Wildman–Crippen LogP) is 3.88. The number of hydrogen-bond acceptors (Lipinski definition) is 4. The number of hydrogen-bond donors (Lipinski definition) is 1. The van der Waals surface area contributed by atoms with Crippen molar-refractivity contribution in [1.82, 2.24) is 0 Å². The molecule has 0 spiro atoms. The van der Waals surface area contributed by atoms with E-state index < -0.39 is 17.7 Å². The molecular weight excluding hydrogens is 330 g/mol. The van der Waals surface area contributed by atoms with Gasteiger partial charge in [-0.25, -0.2) is 0 Å². The van der Waals surface area contributed by atoms with Crippen molar-refractivity contribution in [2.75, 3.05) is 12.0 Å². The molecule has 1 heterocycles. The minimum absolute atomic E-state index is 0.155. The van der Waals surface area contributed by atoms with Crippen LogP contribution in [0.1, 0.15) is 30.5 Å². The molecule has 2 aromatic rings. The number of anilines is 1. The van der Waals surface area contributed by atoms with Crippen LogP contribution in [0.5, 0.6) is 5.75 Å². The molecule has 0 bridgehead atoms. The van der Waals surface area contributed by atoms with Crippen molar-refractivity contribution in [2.45, 2.75) is 26.3 Å². The van der Waals surface area contributed by atoms with Crippen molar-refractivity contribution in [3.63, 3.8) is 0 Å². The zero-order valence-electron chi connectivity index (χ0n) is 15.0. The first-order valence-electron chi connectivity index (χ1n) is 8.49. The van der Waals surface area contributed by atoms with E-state index in [0.29, 0.717) is 11.4 Å². The van der Waals surface area contributed by atoms with Gasteiger partial charge in [-0.3, -0.25) is 14.5 Å². The highest BCUT2D eigenvalue weighted by atomic mass is 16.5. The molecule has 0 fully saturated rings. The molecule has 0 saturated heterocycles. The number of nitrogens with zero attached hydrogens (tertiary/aromatic N) is 1. The van der Waals surface area contributed by atoms with E-state index in [4.69, 9.17) is 4.74 Å². The number of ether oxygens (including phenoxy) is 1. The Morgan fingerprint density at radius 2 is 1.81 bits per heavy atom. The van der Waals surface area contributed by atoms with Crippen LogP contribution >= 0.6 is 0 Å². The number of aliphatic hydroxyl groups excluding tert-OH is 1. The number of carbonyl (C=O) groups excluding carboxylic acids is 2. The third-order valence-electron chi connectivity index (χ3n) is 4.66. The lowest BCUT2D eigenvalue weighted by Gasteiger charge is -2.28. The lowest BCUT2D eigenvalue weighted by Crippen LogP contribution is -2.31. The molecule has 26 heavy (non-hydrogen) atoms. The summed E-state index contributed by atoms with van der Waals surface area (Å²) in [7, 11) is 1.57. The number of methoxy groups -OCH3 is 1. The number of ketones is 1. The molecule has 1 amide bonds. The molecule has 1 aliphatic heterocycles. The lowest BCUT2D eigenvalue weighted by molar-refractivity contribution is -0.118. The summed E-state index contributed by atoms with van der Waals surface area (Å²) >= 11 is 0. The summed E-state index contributed by atoms with van der Waals surface area (Å²) in [5.74, 6) is -0.615. The van der Waals surface area contributed by atoms with Gasteiger partial charge in [0.25, 0.3) is 5.91 Å². The fraction of sp³-hybridized carbons (Fsp3) is 0.238. The lowest BCUT2D eigenvalue weighted by atomic mass is 9.92. The molecule has 0 saturated carbocycles. The van der Waals surface area contributed by atoms with Crippen LogP contribution in [-0.2, 0) is 9.59 Å². The summed E-state index contributed by atoms with van der Waals surface area (Å²) in [6.07, 6.45) is 0.214. The number of aryl methyl sites for hydroxylation is 1. The van der Waals surface area contributed by atoms with Crippen molar-refractivity contribution in [2.24, 2.45) is 0 Å². The van der Waals surface area contributed by atoms with E-state index in [1.807, 2.05) is 31.2 Å². The highest BCUT2D eigenvalue weighted by Crippen LogP contribution is 2.42. The predicted molar refractivity (Wildman–Crippen MR) is 99.4 cm³/mol. The van der Waals surface area contributed by atoms with E-state index in [-0.39, 0.29) is 17.8 Å². The van der Waals surface area contributed by atoms with E-state index in [0.717, 1.165) is 11.1 Å². The first kappa shape index (κ1) is 17.7. The molecule has 3 rings (SSSR count). The molecule has 1 unspecified atom stereocenters. The van der Waals surface area contributed by atoms with E-state index in [1.54, 1.807) is 38.3 Å². The van der Waals surface area contributed by atoms with Gasteiger partial charge in [-0.05, 0) is 42.3 Å². The van der Waals surface area contributed by atoms with Crippen molar-refractivity contribution in [3.8, 4) is 5.75 Å². The molecule has 1 N–H and O–H groups in total. The topological polar surface area (TPSA) is 66.8 Å². The summed E-state index contributed by atoms with van der Waals surface area (Å²) in [6.45, 7) is 3.65. The van der Waals surface area contributed by atoms with Crippen molar-refractivity contribution < 1.29 is 19.4 Å². The van der Waals surface area contributed by atoms with Crippen LogP contribution in [0.25, 0.3) is 0 Å². The summed E-state index contributed by atoms with van der Waals surface area (Å²) in [5.41, 5.74) is 2.51. The van der Waals surface area contributed by atoms with Gasteiger partial charge in [0, 0.05) is 12.1 Å². The van der Waals surface area contributed by atoms with Crippen molar-refractivity contribution in [1.29, 1.82) is 0 Å². The highest BCUT2D eigenvalue weighted by Gasteiger charge is 2.44. The van der Waals surface area contributed by atoms with Gasteiger partial charge in [-0.1, -0.05) is 31.2 Å². The average molecular weight is 351 g/mol. The molecule has 0 aromatic heterocycles. The van der Waals surface area contributed by atoms with E-state index in [9.17, 15) is 14.7 Å². The number of aliphatic hydroxyl groups is 1. The monoisotopic (exact) mass is 351 g/mol. The quantitative estimate of drug-likeness (QED) is 0.888. The van der Waals surface area contributed by atoms with Gasteiger partial charge < -0.3 is 9.84 Å². The van der Waals surface area contributed by atoms with Crippen LogP contribution < -0.4 is 9.64 Å². The molecule has 2 aromatic carbocycles. The Balaban J connectivity index is 2.17. The van der Waals surface area contributed by atoms with Crippen LogP contribution in [0.2, 0.25) is 0 Å². The molecule has 1 aliphatic rings. The number of rotatable bonds is 5. The molecule has 0 radical (unpaired) electrons. The third kappa shape index (κ3) is 2.86. The Hall–Kier alpha value is -3.08. The summed E-state index contributed by atoms with van der Waals surface area (Å²) in [5, 5.41) is 10.5. The zero-order chi connectivity index (χ0) is 18.8. The van der Waals surface area contributed by atoms with Gasteiger partial charge in [0.2, 0.25) is 0 Å². The highest BCUT2D eigenvalue weighted by molar-refractivity contribution is 6.16. The second kappa shape index (κ2) is 7.04. The van der Waals surface area contributed by atoms with Gasteiger partial charge in [0.1, 0.15) is 5.75 Å². The van der Waals surface area contributed by atoms with Crippen LogP contribution in [-0.4, -0.2) is 23.9 Å². The fourth-order valence-corrected chi connectivity index (χ4v) is 3.28. The number of amides is 1. The van der Waals surface area contributed by atoms with Gasteiger partial charge in [-0.15, -0.1) is 0 Å². The Kier molecular flexibility index (Phi) is 4.80. The van der Waals surface area contributed by atoms with Crippen LogP contribution in [0.15, 0.2) is 59.9 Å². The number of carbonyl (C=O) groups is 2. The molecule has 5 heteroatoms. The zero-order valence-corrected chi connectivity index (χ0v) is 15.0. The average Bonchev–Trinajstić information content (AvgIpc) is 2.92. The number of Topliss-reactive ketones (excluding diaryl/α,β-unsaturated/α-hetero) is 1. The Bertz CT molecular complexity index is 883. The van der Waals surface area contributed by atoms with Gasteiger partial charge in [-0.2, -0.15) is 0 Å². The molecule has 1 atom stereocenters. The minimum Gasteiger partial charge on any atom is -0.503 e. The standard InChI is InChI=1S/C21H21NO4/c1-4-17(23)18-19(16-8-6-5-7-13(16)2)22(21(25)20(18)24)14-9-11-15(26-3)12-10-14/h5-12,19,24H,4H2,1-3H3. The van der Waals surface area contributed by atoms with Crippen LogP contribution in [0.4, 0.5) is 5.69 Å². The maximum Gasteiger partial charge on any atom is 0.294 e. The van der Waals surface area contributed by atoms with E-state index in [2.05, 4.69) is 0 Å². The summed E-state index contributed by atoms with van der Waals surface area (Å²) < 4.78 is 5.17. The van der Waals surface area contributed by atoms with Crippen LogP contribution in [0.3, 0.4) is 0 Å². The second-order valence-corrected chi connectivity index (χ2v) is 6.17. The minimum atomic E-state index is -0.649. The third-order valence-corrected chi connectivity index (χ3v) is 4.66. The Labute approximate surface area is 152 Å². The SMILES string of the molecule is CCC(=O)C1=C(O)C(=O)N(c2ccc(OC)cc2)C1c1ccccc1C. The van der Waals surface area contributed by atoms with Crippen molar-refractivity contribution in [3.05, 3.63) is 71.0 Å². The van der Waals surface area contributed by atoms with E-state index in [1.165, 1.54) is 4.90 Å². The smallest absolute Gasteiger partial charge is 0.294 e.